The molecule has 0 bridgehead atoms. The second-order valence-corrected chi connectivity index (χ2v) is 10.9. The van der Waals surface area contributed by atoms with Gasteiger partial charge in [-0.1, -0.05) is 23.7 Å². The van der Waals surface area contributed by atoms with Gasteiger partial charge < -0.3 is 9.47 Å². The molecule has 0 aliphatic heterocycles. The molecule has 37 heavy (non-hydrogen) atoms. The summed E-state index contributed by atoms with van der Waals surface area (Å²) in [7, 11) is -3.57. The van der Waals surface area contributed by atoms with Crippen molar-refractivity contribution >= 4 is 44.4 Å². The van der Waals surface area contributed by atoms with E-state index in [1.54, 1.807) is 43.3 Å². The van der Waals surface area contributed by atoms with E-state index in [0.717, 1.165) is 47.8 Å². The van der Waals surface area contributed by atoms with Crippen LogP contribution in [0.4, 0.5) is 10.1 Å². The van der Waals surface area contributed by atoms with Crippen LogP contribution in [0.25, 0.3) is 11.1 Å². The minimum Gasteiger partial charge on any atom is -0.488 e. The molecule has 0 unspecified atom stereocenters. The predicted octanol–water partition coefficient (Wildman–Crippen LogP) is 6.70. The number of hydrogen-bond donors (Lipinski definition) is 1. The maximum atomic E-state index is 13.3. The van der Waals surface area contributed by atoms with Crippen LogP contribution in [0.2, 0.25) is 5.02 Å². The second-order valence-electron chi connectivity index (χ2n) is 8.76. The first kappa shape index (κ1) is 26.7. The zero-order chi connectivity index (χ0) is 26.6. The topological polar surface area (TPSA) is 81.7 Å². The number of carbonyl (C=O) groups is 1. The van der Waals surface area contributed by atoms with Gasteiger partial charge in [0.2, 0.25) is 10.0 Å². The maximum Gasteiger partial charge on any atom is 0.338 e. The van der Waals surface area contributed by atoms with Gasteiger partial charge in [0.15, 0.2) is 0 Å². The van der Waals surface area contributed by atoms with Crippen molar-refractivity contribution in [3.05, 3.63) is 93.8 Å². The molecule has 1 aliphatic rings. The summed E-state index contributed by atoms with van der Waals surface area (Å²) in [6, 6.07) is 16.4. The van der Waals surface area contributed by atoms with Gasteiger partial charge in [0, 0.05) is 16.3 Å². The highest BCUT2D eigenvalue weighted by molar-refractivity contribution is 7.92. The summed E-state index contributed by atoms with van der Waals surface area (Å²) in [5.41, 5.74) is 4.86. The van der Waals surface area contributed by atoms with Gasteiger partial charge in [0.05, 0.1) is 18.4 Å². The average molecular weight is 544 g/mol. The quantitative estimate of drug-likeness (QED) is 0.304. The Balaban J connectivity index is 1.77. The number of anilines is 1. The first-order chi connectivity index (χ1) is 17.6. The smallest absolute Gasteiger partial charge is 0.338 e. The lowest BCUT2D eigenvalue weighted by molar-refractivity contribution is 0.0526. The molecular formula is C28H27ClFNO5S. The largest absolute Gasteiger partial charge is 0.488 e. The molecule has 6 nitrogen and oxygen atoms in total. The van der Waals surface area contributed by atoms with Crippen LogP contribution in [-0.2, 0) is 21.4 Å². The van der Waals surface area contributed by atoms with Crippen molar-refractivity contribution in [1.82, 2.24) is 0 Å². The van der Waals surface area contributed by atoms with Crippen LogP contribution in [-0.4, -0.2) is 27.2 Å². The van der Waals surface area contributed by atoms with Gasteiger partial charge in [-0.25, -0.2) is 17.6 Å². The molecule has 0 heterocycles. The highest BCUT2D eigenvalue weighted by Gasteiger charge is 2.23. The highest BCUT2D eigenvalue weighted by atomic mass is 35.5. The van der Waals surface area contributed by atoms with Crippen LogP contribution in [0, 0.1) is 5.82 Å². The lowest BCUT2D eigenvalue weighted by Crippen LogP contribution is -2.12. The third-order valence-electron chi connectivity index (χ3n) is 5.89. The number of ether oxygens (including phenoxy) is 2. The Morgan fingerprint density at radius 3 is 2.46 bits per heavy atom. The van der Waals surface area contributed by atoms with Gasteiger partial charge in [-0.3, -0.25) is 4.72 Å². The highest BCUT2D eigenvalue weighted by Crippen LogP contribution is 2.44. The normalized spacial score (nSPS) is 13.5. The Hall–Kier alpha value is -3.36. The third kappa shape index (κ3) is 6.90. The van der Waals surface area contributed by atoms with E-state index >= 15 is 0 Å². The lowest BCUT2D eigenvalue weighted by Gasteiger charge is -2.16. The van der Waals surface area contributed by atoms with Crippen molar-refractivity contribution in [2.24, 2.45) is 0 Å². The summed E-state index contributed by atoms with van der Waals surface area (Å²) in [6.07, 6.45) is 3.40. The number of rotatable bonds is 9. The Kier molecular flexibility index (Phi) is 8.19. The molecular weight excluding hydrogens is 517 g/mol. The molecule has 1 N–H and O–H groups in total. The molecule has 0 aromatic heterocycles. The van der Waals surface area contributed by atoms with Crippen LogP contribution >= 0.6 is 11.6 Å². The number of esters is 1. The molecule has 4 rings (SSSR count). The summed E-state index contributed by atoms with van der Waals surface area (Å²) in [4.78, 5) is 12.5. The minimum atomic E-state index is -3.57. The standard InChI is InChI=1S/C28H27ClFNO5S/c1-3-35-28(32)20-13-19(14-23(15-20)31-37(2,33)34)24-5-4-6-25(24)26-16-21(29)9-12-27(26)36-17-18-7-10-22(30)11-8-18/h7-16,31H,3-6,17H2,1-2H3. The van der Waals surface area contributed by atoms with E-state index in [1.807, 2.05) is 6.07 Å². The first-order valence-electron chi connectivity index (χ1n) is 11.8. The molecule has 0 saturated heterocycles. The summed E-state index contributed by atoms with van der Waals surface area (Å²) < 4.78 is 50.9. The van der Waals surface area contributed by atoms with Crippen LogP contribution in [0.5, 0.6) is 5.75 Å². The second kappa shape index (κ2) is 11.4. The fourth-order valence-electron chi connectivity index (χ4n) is 4.37. The predicted molar refractivity (Wildman–Crippen MR) is 144 cm³/mol. The van der Waals surface area contributed by atoms with Crippen molar-refractivity contribution < 1.29 is 27.1 Å². The van der Waals surface area contributed by atoms with E-state index < -0.39 is 16.0 Å². The third-order valence-corrected chi connectivity index (χ3v) is 6.73. The van der Waals surface area contributed by atoms with E-state index in [9.17, 15) is 17.6 Å². The number of allylic oxidation sites excluding steroid dienone is 2. The van der Waals surface area contributed by atoms with Gasteiger partial charge in [-0.15, -0.1) is 0 Å². The van der Waals surface area contributed by atoms with Crippen LogP contribution in [0.1, 0.15) is 53.2 Å². The zero-order valence-electron chi connectivity index (χ0n) is 20.5. The molecule has 0 spiro atoms. The van der Waals surface area contributed by atoms with Crippen molar-refractivity contribution in [3.63, 3.8) is 0 Å². The van der Waals surface area contributed by atoms with Crippen LogP contribution in [0.15, 0.2) is 60.7 Å². The van der Waals surface area contributed by atoms with E-state index in [1.165, 1.54) is 18.2 Å². The van der Waals surface area contributed by atoms with Gasteiger partial charge in [0.1, 0.15) is 18.2 Å². The number of benzene rings is 3. The molecule has 3 aromatic rings. The number of halogens is 2. The summed E-state index contributed by atoms with van der Waals surface area (Å²) >= 11 is 6.37. The number of sulfonamides is 1. The van der Waals surface area contributed by atoms with E-state index in [2.05, 4.69) is 4.72 Å². The zero-order valence-corrected chi connectivity index (χ0v) is 22.1. The van der Waals surface area contributed by atoms with Crippen molar-refractivity contribution in [2.45, 2.75) is 32.8 Å². The number of carbonyl (C=O) groups excluding carboxylic acids is 1. The van der Waals surface area contributed by atoms with Crippen LogP contribution < -0.4 is 9.46 Å². The fourth-order valence-corrected chi connectivity index (χ4v) is 5.09. The van der Waals surface area contributed by atoms with Crippen molar-refractivity contribution in [2.75, 3.05) is 17.6 Å². The van der Waals surface area contributed by atoms with Gasteiger partial charge in [-0.2, -0.15) is 0 Å². The van der Waals surface area contributed by atoms with Gasteiger partial charge in [0.25, 0.3) is 0 Å². The summed E-state index contributed by atoms with van der Waals surface area (Å²) in [5, 5.41) is 0.544. The van der Waals surface area contributed by atoms with E-state index in [0.29, 0.717) is 16.3 Å². The Bertz CT molecular complexity index is 1450. The average Bonchev–Trinajstić information content (AvgIpc) is 3.33. The van der Waals surface area contributed by atoms with Crippen molar-refractivity contribution in [1.29, 1.82) is 0 Å². The molecule has 0 saturated carbocycles. The fraction of sp³-hybridized carbons (Fsp3) is 0.250. The molecule has 1 aliphatic carbocycles. The summed E-state index contributed by atoms with van der Waals surface area (Å²) in [5.74, 6) is -0.224. The lowest BCUT2D eigenvalue weighted by atomic mass is 9.95. The monoisotopic (exact) mass is 543 g/mol. The SMILES string of the molecule is CCOC(=O)c1cc(NS(C)(=O)=O)cc(C2=C(c3cc(Cl)ccc3OCc3ccc(F)cc3)CCC2)c1. The van der Waals surface area contributed by atoms with E-state index in [-0.39, 0.29) is 30.3 Å². The number of hydrogen-bond acceptors (Lipinski definition) is 5. The molecule has 0 atom stereocenters. The Labute approximate surface area is 221 Å². The van der Waals surface area contributed by atoms with E-state index in [4.69, 9.17) is 21.1 Å². The maximum absolute atomic E-state index is 13.3. The molecule has 0 fully saturated rings. The Morgan fingerprint density at radius 2 is 1.76 bits per heavy atom. The van der Waals surface area contributed by atoms with Gasteiger partial charge >= 0.3 is 5.97 Å². The van der Waals surface area contributed by atoms with Gasteiger partial charge in [-0.05, 0) is 97.0 Å². The Morgan fingerprint density at radius 1 is 1.03 bits per heavy atom. The van der Waals surface area contributed by atoms with Crippen LogP contribution in [0.3, 0.4) is 0 Å². The summed E-state index contributed by atoms with van der Waals surface area (Å²) in [6.45, 7) is 2.16. The minimum absolute atomic E-state index is 0.198. The molecule has 194 valence electrons. The number of nitrogens with one attached hydrogen (secondary N) is 1. The molecule has 3 aromatic carbocycles. The molecule has 0 amide bonds. The molecule has 0 radical (unpaired) electrons. The molecule has 9 heteroatoms. The first-order valence-corrected chi connectivity index (χ1v) is 14.1. The van der Waals surface area contributed by atoms with Crippen molar-refractivity contribution in [3.8, 4) is 5.75 Å².